The second kappa shape index (κ2) is 14.1. The second-order valence-corrected chi connectivity index (χ2v) is 13.6. The number of halogens is 3. The Morgan fingerprint density at radius 3 is 2.29 bits per heavy atom. The van der Waals surface area contributed by atoms with Gasteiger partial charge in [-0.25, -0.2) is 8.42 Å². The van der Waals surface area contributed by atoms with Gasteiger partial charge in [0.1, 0.15) is 12.6 Å². The Morgan fingerprint density at radius 2 is 1.64 bits per heavy atom. The molecule has 0 aromatic heterocycles. The topological polar surface area (TPSA) is 86.8 Å². The first-order valence-electron chi connectivity index (χ1n) is 13.9. The van der Waals surface area contributed by atoms with Gasteiger partial charge in [-0.15, -0.1) is 0 Å². The Hall–Kier alpha value is -2.78. The summed E-state index contributed by atoms with van der Waals surface area (Å²) in [7, 11) is -4.19. The van der Waals surface area contributed by atoms with E-state index in [0.717, 1.165) is 30.0 Å². The van der Waals surface area contributed by atoms with Crippen molar-refractivity contribution in [2.24, 2.45) is 0 Å². The molecule has 224 valence electrons. The summed E-state index contributed by atoms with van der Waals surface area (Å²) in [6, 6.07) is 17.0. The number of carbonyl (C=O) groups excluding carboxylic acids is 2. The number of hydrogen-bond donors (Lipinski definition) is 1. The number of nitrogens with one attached hydrogen (secondary N) is 1. The second-order valence-electron chi connectivity index (χ2n) is 10.4. The van der Waals surface area contributed by atoms with Gasteiger partial charge in [-0.2, -0.15) is 0 Å². The molecule has 1 fully saturated rings. The molecule has 0 bridgehead atoms. The lowest BCUT2D eigenvalue weighted by atomic mass is 10.1. The average Bonchev–Trinajstić information content (AvgIpc) is 3.48. The number of carbonyl (C=O) groups is 2. The standard InChI is InChI=1S/C31H34Cl3N3O4S/c1-3-28(31(39)35-24-9-7-8-10-24)36(19-22-14-16-26(33)27(34)17-22)30(38)20-37(29-18-23(32)15-13-21(29)2)42(40,41)25-11-5-4-6-12-25/h4-6,11-18,24,28H,3,7-10,19-20H2,1-2H3,(H,35,39). The maximum Gasteiger partial charge on any atom is 0.264 e. The van der Waals surface area contributed by atoms with Crippen LogP contribution in [0.5, 0.6) is 0 Å². The van der Waals surface area contributed by atoms with Crippen LogP contribution in [0.25, 0.3) is 0 Å². The van der Waals surface area contributed by atoms with E-state index in [4.69, 9.17) is 34.8 Å². The molecule has 1 aliphatic carbocycles. The summed E-state index contributed by atoms with van der Waals surface area (Å²) in [4.78, 5) is 29.3. The lowest BCUT2D eigenvalue weighted by Gasteiger charge is -2.34. The first-order chi connectivity index (χ1) is 20.0. The van der Waals surface area contributed by atoms with Crippen molar-refractivity contribution in [2.45, 2.75) is 69.5 Å². The first kappa shape index (κ1) is 32.1. The normalized spacial score (nSPS) is 14.4. The highest BCUT2D eigenvalue weighted by Crippen LogP contribution is 2.31. The smallest absolute Gasteiger partial charge is 0.264 e. The lowest BCUT2D eigenvalue weighted by Crippen LogP contribution is -2.53. The highest BCUT2D eigenvalue weighted by Gasteiger charge is 2.35. The molecule has 1 aliphatic rings. The van der Waals surface area contributed by atoms with Gasteiger partial charge in [0.25, 0.3) is 10.0 Å². The molecule has 3 aromatic rings. The SMILES string of the molecule is CCC(C(=O)NC1CCCC1)N(Cc1ccc(Cl)c(Cl)c1)C(=O)CN(c1cc(Cl)ccc1C)S(=O)(=O)c1ccccc1. The van der Waals surface area contributed by atoms with Crippen molar-refractivity contribution < 1.29 is 18.0 Å². The molecule has 3 aromatic carbocycles. The molecule has 0 radical (unpaired) electrons. The summed E-state index contributed by atoms with van der Waals surface area (Å²) >= 11 is 18.7. The van der Waals surface area contributed by atoms with E-state index in [-0.39, 0.29) is 29.1 Å². The van der Waals surface area contributed by atoms with Crippen LogP contribution in [-0.2, 0) is 26.2 Å². The Kier molecular flexibility index (Phi) is 10.8. The number of sulfonamides is 1. The molecule has 4 rings (SSSR count). The number of aryl methyl sites for hydroxylation is 1. The molecular weight excluding hydrogens is 617 g/mol. The minimum atomic E-state index is -4.19. The number of anilines is 1. The zero-order valence-corrected chi connectivity index (χ0v) is 26.6. The van der Waals surface area contributed by atoms with E-state index < -0.39 is 28.5 Å². The van der Waals surface area contributed by atoms with E-state index in [1.165, 1.54) is 23.1 Å². The van der Waals surface area contributed by atoms with Crippen molar-refractivity contribution in [3.8, 4) is 0 Å². The zero-order chi connectivity index (χ0) is 30.4. The molecule has 0 heterocycles. The van der Waals surface area contributed by atoms with E-state index in [1.807, 2.05) is 6.92 Å². The van der Waals surface area contributed by atoms with Crippen molar-refractivity contribution in [1.82, 2.24) is 10.2 Å². The van der Waals surface area contributed by atoms with Gasteiger partial charge in [0, 0.05) is 17.6 Å². The molecule has 0 saturated heterocycles. The average molecular weight is 651 g/mol. The lowest BCUT2D eigenvalue weighted by molar-refractivity contribution is -0.140. The molecule has 42 heavy (non-hydrogen) atoms. The van der Waals surface area contributed by atoms with Crippen molar-refractivity contribution in [3.63, 3.8) is 0 Å². The summed E-state index contributed by atoms with van der Waals surface area (Å²) in [5, 5.41) is 4.10. The minimum Gasteiger partial charge on any atom is -0.352 e. The van der Waals surface area contributed by atoms with Crippen molar-refractivity contribution in [3.05, 3.63) is 92.9 Å². The van der Waals surface area contributed by atoms with E-state index in [9.17, 15) is 18.0 Å². The third kappa shape index (κ3) is 7.59. The number of nitrogens with zero attached hydrogens (tertiary/aromatic N) is 2. The van der Waals surface area contributed by atoms with Crippen LogP contribution in [0.1, 0.15) is 50.2 Å². The summed E-state index contributed by atoms with van der Waals surface area (Å²) in [5.41, 5.74) is 1.55. The summed E-state index contributed by atoms with van der Waals surface area (Å²) in [6.45, 7) is 3.06. The molecule has 1 atom stereocenters. The fourth-order valence-corrected chi connectivity index (χ4v) is 7.18. The zero-order valence-electron chi connectivity index (χ0n) is 23.5. The fourth-order valence-electron chi connectivity index (χ4n) is 5.21. The van der Waals surface area contributed by atoms with Gasteiger partial charge in [0.2, 0.25) is 11.8 Å². The fraction of sp³-hybridized carbons (Fsp3) is 0.355. The Balaban J connectivity index is 1.75. The van der Waals surface area contributed by atoms with Crippen LogP contribution in [-0.4, -0.2) is 43.8 Å². The number of benzene rings is 3. The Bertz CT molecular complexity index is 1530. The van der Waals surface area contributed by atoms with Gasteiger partial charge in [0.15, 0.2) is 0 Å². The summed E-state index contributed by atoms with van der Waals surface area (Å²) in [5.74, 6) is -0.817. The molecular formula is C31H34Cl3N3O4S. The van der Waals surface area contributed by atoms with Crippen LogP contribution in [0.3, 0.4) is 0 Å². The molecule has 0 aliphatic heterocycles. The van der Waals surface area contributed by atoms with E-state index in [1.54, 1.807) is 55.5 Å². The molecule has 11 heteroatoms. The third-order valence-corrected chi connectivity index (χ3v) is 10.2. The van der Waals surface area contributed by atoms with Crippen molar-refractivity contribution >= 4 is 62.3 Å². The number of hydrogen-bond acceptors (Lipinski definition) is 4. The van der Waals surface area contributed by atoms with E-state index in [0.29, 0.717) is 32.6 Å². The van der Waals surface area contributed by atoms with Crippen LogP contribution in [0.15, 0.2) is 71.6 Å². The molecule has 1 saturated carbocycles. The first-order valence-corrected chi connectivity index (χ1v) is 16.5. The minimum absolute atomic E-state index is 0.0271. The Labute approximate surface area is 262 Å². The van der Waals surface area contributed by atoms with Crippen LogP contribution >= 0.6 is 34.8 Å². The quantitative estimate of drug-likeness (QED) is 0.242. The molecule has 7 nitrogen and oxygen atoms in total. The molecule has 1 unspecified atom stereocenters. The van der Waals surface area contributed by atoms with Crippen molar-refractivity contribution in [1.29, 1.82) is 0 Å². The molecule has 0 spiro atoms. The van der Waals surface area contributed by atoms with Crippen LogP contribution in [0.4, 0.5) is 5.69 Å². The summed E-state index contributed by atoms with van der Waals surface area (Å²) < 4.78 is 29.1. The van der Waals surface area contributed by atoms with Gasteiger partial charge >= 0.3 is 0 Å². The van der Waals surface area contributed by atoms with Crippen molar-refractivity contribution in [2.75, 3.05) is 10.8 Å². The van der Waals surface area contributed by atoms with Gasteiger partial charge in [-0.05, 0) is 73.7 Å². The summed E-state index contributed by atoms with van der Waals surface area (Å²) in [6.07, 6.45) is 4.19. The van der Waals surface area contributed by atoms with E-state index in [2.05, 4.69) is 5.32 Å². The predicted octanol–water partition coefficient (Wildman–Crippen LogP) is 7.02. The van der Waals surface area contributed by atoms with Crippen LogP contribution in [0.2, 0.25) is 15.1 Å². The highest BCUT2D eigenvalue weighted by molar-refractivity contribution is 7.92. The van der Waals surface area contributed by atoms with Crippen LogP contribution in [0, 0.1) is 6.92 Å². The van der Waals surface area contributed by atoms with E-state index >= 15 is 0 Å². The Morgan fingerprint density at radius 1 is 0.952 bits per heavy atom. The maximum atomic E-state index is 14.2. The number of rotatable bonds is 11. The molecule has 1 N–H and O–H groups in total. The highest BCUT2D eigenvalue weighted by atomic mass is 35.5. The van der Waals surface area contributed by atoms with Gasteiger partial charge in [-0.1, -0.05) is 84.9 Å². The number of amides is 2. The monoisotopic (exact) mass is 649 g/mol. The predicted molar refractivity (Wildman–Crippen MR) is 169 cm³/mol. The van der Waals surface area contributed by atoms with Gasteiger partial charge < -0.3 is 10.2 Å². The molecule has 2 amide bonds. The van der Waals surface area contributed by atoms with Gasteiger partial charge in [-0.3, -0.25) is 13.9 Å². The third-order valence-electron chi connectivity index (χ3n) is 7.47. The largest absolute Gasteiger partial charge is 0.352 e. The van der Waals surface area contributed by atoms with Gasteiger partial charge in [0.05, 0.1) is 20.6 Å². The maximum absolute atomic E-state index is 14.2. The van der Waals surface area contributed by atoms with Crippen LogP contribution < -0.4 is 9.62 Å².